The second kappa shape index (κ2) is 10.5. The van der Waals surface area contributed by atoms with Gasteiger partial charge >= 0.3 is 0 Å². The zero-order chi connectivity index (χ0) is 25.9. The Hall–Kier alpha value is -3.11. The molecule has 2 aromatic rings. The first-order valence-electron chi connectivity index (χ1n) is 12.3. The van der Waals surface area contributed by atoms with Gasteiger partial charge in [0.1, 0.15) is 17.8 Å². The molecule has 0 unspecified atom stereocenters. The molecule has 0 atom stereocenters. The monoisotopic (exact) mass is 514 g/mol. The van der Waals surface area contributed by atoms with Gasteiger partial charge in [-0.25, -0.2) is 8.42 Å². The van der Waals surface area contributed by atoms with E-state index in [1.165, 1.54) is 23.5 Å². The Balaban J connectivity index is 1.58. The fourth-order valence-corrected chi connectivity index (χ4v) is 6.60. The number of piperidine rings is 1. The minimum atomic E-state index is -3.71. The molecule has 4 rings (SSSR count). The van der Waals surface area contributed by atoms with E-state index in [2.05, 4.69) is 0 Å². The highest BCUT2D eigenvalue weighted by atomic mass is 32.2. The summed E-state index contributed by atoms with van der Waals surface area (Å²) in [6, 6.07) is 16.0. The van der Waals surface area contributed by atoms with E-state index < -0.39 is 15.6 Å². The molecule has 0 saturated carbocycles. The largest absolute Gasteiger partial charge is 0.497 e. The highest BCUT2D eigenvalue weighted by molar-refractivity contribution is 7.89. The van der Waals surface area contributed by atoms with Gasteiger partial charge in [0.15, 0.2) is 0 Å². The summed E-state index contributed by atoms with van der Waals surface area (Å²) >= 11 is 0. The van der Waals surface area contributed by atoms with Crippen LogP contribution in [0.2, 0.25) is 0 Å². The van der Waals surface area contributed by atoms with Gasteiger partial charge in [-0.1, -0.05) is 18.2 Å². The molecule has 2 aliphatic heterocycles. The second-order valence-corrected chi connectivity index (χ2v) is 11.0. The van der Waals surface area contributed by atoms with E-state index in [1.54, 1.807) is 21.9 Å². The molecular formula is C26H34N4O5S. The van der Waals surface area contributed by atoms with Crippen LogP contribution in [0.15, 0.2) is 59.5 Å². The van der Waals surface area contributed by atoms with Gasteiger partial charge in [-0.15, -0.1) is 0 Å². The van der Waals surface area contributed by atoms with Crippen LogP contribution in [-0.4, -0.2) is 86.4 Å². The Labute approximate surface area is 213 Å². The molecule has 2 amide bonds. The van der Waals surface area contributed by atoms with Gasteiger partial charge in [-0.05, 0) is 63.1 Å². The lowest BCUT2D eigenvalue weighted by Crippen LogP contribution is -2.57. The van der Waals surface area contributed by atoms with Crippen LogP contribution in [0, 0.1) is 0 Å². The summed E-state index contributed by atoms with van der Waals surface area (Å²) < 4.78 is 33.2. The number of benzene rings is 2. The summed E-state index contributed by atoms with van der Waals surface area (Å²) in [7, 11) is -2.18. The van der Waals surface area contributed by atoms with Crippen molar-refractivity contribution in [3.8, 4) is 5.75 Å². The molecular weight excluding hydrogens is 480 g/mol. The van der Waals surface area contributed by atoms with Crippen LogP contribution in [0.25, 0.3) is 0 Å². The summed E-state index contributed by atoms with van der Waals surface area (Å²) in [6.07, 6.45) is 0.679. The molecule has 2 aliphatic rings. The quantitative estimate of drug-likeness (QED) is 0.537. The van der Waals surface area contributed by atoms with E-state index >= 15 is 0 Å². The Morgan fingerprint density at radius 3 is 2.17 bits per heavy atom. The normalized spacial score (nSPS) is 18.0. The van der Waals surface area contributed by atoms with E-state index in [-0.39, 0.29) is 36.3 Å². The van der Waals surface area contributed by atoms with Crippen molar-refractivity contribution >= 4 is 27.5 Å². The van der Waals surface area contributed by atoms with Crippen LogP contribution in [0.1, 0.15) is 26.7 Å². The van der Waals surface area contributed by atoms with Crippen molar-refractivity contribution in [2.45, 2.75) is 37.1 Å². The summed E-state index contributed by atoms with van der Waals surface area (Å²) in [6.45, 7) is 5.74. The van der Waals surface area contributed by atoms with Crippen molar-refractivity contribution in [3.05, 3.63) is 54.6 Å². The SMILES string of the molecule is CCN(CC)C(=O)CN1CN(c2ccccc2)C2(CCN(S(=O)(=O)c3ccc(OC)cc3)CC2)C1=O. The summed E-state index contributed by atoms with van der Waals surface area (Å²) in [5, 5.41) is 0. The van der Waals surface area contributed by atoms with Crippen LogP contribution in [0.5, 0.6) is 5.75 Å². The number of amides is 2. The molecule has 36 heavy (non-hydrogen) atoms. The van der Waals surface area contributed by atoms with Gasteiger partial charge in [0, 0.05) is 31.9 Å². The third kappa shape index (κ3) is 4.67. The van der Waals surface area contributed by atoms with Crippen molar-refractivity contribution in [1.82, 2.24) is 14.1 Å². The van der Waals surface area contributed by atoms with Crippen LogP contribution in [0.3, 0.4) is 0 Å². The van der Waals surface area contributed by atoms with Gasteiger partial charge in [-0.2, -0.15) is 4.31 Å². The number of ether oxygens (including phenoxy) is 1. The van der Waals surface area contributed by atoms with Crippen LogP contribution < -0.4 is 9.64 Å². The maximum absolute atomic E-state index is 13.8. The molecule has 0 N–H and O–H groups in total. The zero-order valence-corrected chi connectivity index (χ0v) is 21.9. The molecule has 2 aromatic carbocycles. The number of nitrogens with zero attached hydrogens (tertiary/aromatic N) is 4. The van der Waals surface area contributed by atoms with E-state index in [0.717, 1.165) is 5.69 Å². The number of hydrogen-bond acceptors (Lipinski definition) is 6. The third-order valence-corrected chi connectivity index (χ3v) is 9.18. The molecule has 2 heterocycles. The first-order chi connectivity index (χ1) is 17.3. The lowest BCUT2D eigenvalue weighted by Gasteiger charge is -2.42. The van der Waals surface area contributed by atoms with Gasteiger partial charge in [-0.3, -0.25) is 9.59 Å². The number of carbonyl (C=O) groups excluding carboxylic acids is 2. The van der Waals surface area contributed by atoms with Gasteiger partial charge in [0.25, 0.3) is 0 Å². The second-order valence-electron chi connectivity index (χ2n) is 9.09. The van der Waals surface area contributed by atoms with Crippen molar-refractivity contribution in [2.75, 3.05) is 51.4 Å². The highest BCUT2D eigenvalue weighted by Crippen LogP contribution is 2.40. The van der Waals surface area contributed by atoms with Gasteiger partial charge in [0.2, 0.25) is 21.8 Å². The average Bonchev–Trinajstić information content (AvgIpc) is 3.16. The number of likely N-dealkylation sites (N-methyl/N-ethyl adjacent to an activating group) is 1. The lowest BCUT2D eigenvalue weighted by molar-refractivity contribution is -0.140. The fourth-order valence-electron chi connectivity index (χ4n) is 5.16. The zero-order valence-electron chi connectivity index (χ0n) is 21.1. The molecule has 0 bridgehead atoms. The molecule has 0 aromatic heterocycles. The summed E-state index contributed by atoms with van der Waals surface area (Å²) in [5.41, 5.74) is -0.00769. The number of sulfonamides is 1. The van der Waals surface area contributed by atoms with Crippen molar-refractivity contribution in [2.24, 2.45) is 0 Å². The Morgan fingerprint density at radius 1 is 1.00 bits per heavy atom. The van der Waals surface area contributed by atoms with Crippen LogP contribution >= 0.6 is 0 Å². The van der Waals surface area contributed by atoms with Crippen molar-refractivity contribution in [1.29, 1.82) is 0 Å². The highest BCUT2D eigenvalue weighted by Gasteiger charge is 2.55. The fraction of sp³-hybridized carbons (Fsp3) is 0.462. The maximum Gasteiger partial charge on any atom is 0.250 e. The van der Waals surface area contributed by atoms with Gasteiger partial charge in [0.05, 0.1) is 18.7 Å². The Kier molecular flexibility index (Phi) is 7.56. The standard InChI is InChI=1S/C26H34N4O5S/c1-4-27(5-2)24(31)19-28-20-30(21-9-7-6-8-10-21)26(25(28)32)15-17-29(18-16-26)36(33,34)23-13-11-22(35-3)12-14-23/h6-14H,4-5,15-20H2,1-3H3. The number of hydrogen-bond donors (Lipinski definition) is 0. The average molecular weight is 515 g/mol. The van der Waals surface area contributed by atoms with Crippen LogP contribution in [-0.2, 0) is 19.6 Å². The molecule has 194 valence electrons. The van der Waals surface area contributed by atoms with E-state index in [4.69, 9.17) is 4.74 Å². The number of anilines is 1. The Bertz CT molecular complexity index is 1170. The van der Waals surface area contributed by atoms with E-state index in [9.17, 15) is 18.0 Å². The molecule has 0 aliphatic carbocycles. The molecule has 10 heteroatoms. The number of carbonyl (C=O) groups is 2. The van der Waals surface area contributed by atoms with Gasteiger partial charge < -0.3 is 19.4 Å². The van der Waals surface area contributed by atoms with Crippen LogP contribution in [0.4, 0.5) is 5.69 Å². The maximum atomic E-state index is 13.8. The number of methoxy groups -OCH3 is 1. The van der Waals surface area contributed by atoms with Crippen molar-refractivity contribution in [3.63, 3.8) is 0 Å². The van der Waals surface area contributed by atoms with Crippen molar-refractivity contribution < 1.29 is 22.7 Å². The first kappa shape index (κ1) is 26.0. The minimum absolute atomic E-state index is 0.0134. The Morgan fingerprint density at radius 2 is 1.61 bits per heavy atom. The molecule has 2 fully saturated rings. The topological polar surface area (TPSA) is 90.5 Å². The minimum Gasteiger partial charge on any atom is -0.497 e. The number of rotatable bonds is 8. The summed E-state index contributed by atoms with van der Waals surface area (Å²) in [4.78, 5) is 32.2. The molecule has 2 saturated heterocycles. The first-order valence-corrected chi connectivity index (χ1v) is 13.7. The summed E-state index contributed by atoms with van der Waals surface area (Å²) in [5.74, 6) is 0.382. The molecule has 9 nitrogen and oxygen atoms in total. The third-order valence-electron chi connectivity index (χ3n) is 7.27. The predicted molar refractivity (Wildman–Crippen MR) is 137 cm³/mol. The molecule has 1 spiro atoms. The van der Waals surface area contributed by atoms with E-state index in [1.807, 2.05) is 49.1 Å². The smallest absolute Gasteiger partial charge is 0.250 e. The molecule has 0 radical (unpaired) electrons. The predicted octanol–water partition coefficient (Wildman–Crippen LogP) is 2.39. The van der Waals surface area contributed by atoms with E-state index in [0.29, 0.717) is 38.3 Å². The number of para-hydroxylation sites is 1. The lowest BCUT2D eigenvalue weighted by atomic mass is 9.86.